The molecule has 0 spiro atoms. The lowest BCUT2D eigenvalue weighted by atomic mass is 10.1. The Kier molecular flexibility index (Phi) is 5.80. The van der Waals surface area contributed by atoms with Crippen LogP contribution in [0.15, 0.2) is 83.8 Å². The second kappa shape index (κ2) is 8.27. The molecule has 0 aliphatic carbocycles. The number of nitrogens with one attached hydrogen (secondary N) is 1. The highest BCUT2D eigenvalue weighted by Crippen LogP contribution is 2.22. The molecular formula is C22H22N2O3S. The van der Waals surface area contributed by atoms with E-state index in [2.05, 4.69) is 5.32 Å². The van der Waals surface area contributed by atoms with Gasteiger partial charge in [0.2, 0.25) is 0 Å². The smallest absolute Gasteiger partial charge is 0.264 e. The molecule has 0 saturated heterocycles. The van der Waals surface area contributed by atoms with Crippen LogP contribution < -0.4 is 9.62 Å². The van der Waals surface area contributed by atoms with Gasteiger partial charge in [0, 0.05) is 19.2 Å². The van der Waals surface area contributed by atoms with E-state index >= 15 is 0 Å². The Morgan fingerprint density at radius 2 is 1.64 bits per heavy atom. The molecule has 1 amide bonds. The molecule has 0 heterocycles. The number of nitrogens with zero attached hydrogens (tertiary/aromatic N) is 1. The number of hydrogen-bond acceptors (Lipinski definition) is 3. The number of sulfonamides is 1. The zero-order chi connectivity index (χ0) is 20.1. The van der Waals surface area contributed by atoms with Crippen LogP contribution >= 0.6 is 0 Å². The van der Waals surface area contributed by atoms with Gasteiger partial charge in [-0.15, -0.1) is 0 Å². The molecule has 5 nitrogen and oxygen atoms in total. The average Bonchev–Trinajstić information content (AvgIpc) is 2.72. The van der Waals surface area contributed by atoms with Gasteiger partial charge in [-0.05, 0) is 42.8 Å². The van der Waals surface area contributed by atoms with E-state index in [4.69, 9.17) is 0 Å². The van der Waals surface area contributed by atoms with Crippen molar-refractivity contribution in [3.8, 4) is 0 Å². The molecule has 0 aromatic heterocycles. The number of amides is 1. The third-order valence-electron chi connectivity index (χ3n) is 4.41. The predicted octanol–water partition coefficient (Wildman–Crippen LogP) is 3.75. The summed E-state index contributed by atoms with van der Waals surface area (Å²) in [4.78, 5) is 12.7. The number of carbonyl (C=O) groups excluding carboxylic acids is 1. The number of hydrogen-bond donors (Lipinski definition) is 1. The van der Waals surface area contributed by atoms with Crippen molar-refractivity contribution in [3.05, 3.63) is 95.6 Å². The average molecular weight is 394 g/mol. The third kappa shape index (κ3) is 4.40. The molecule has 3 aromatic carbocycles. The van der Waals surface area contributed by atoms with E-state index in [9.17, 15) is 13.2 Å². The minimum absolute atomic E-state index is 0.201. The minimum Gasteiger partial charge on any atom is -0.348 e. The molecule has 144 valence electrons. The summed E-state index contributed by atoms with van der Waals surface area (Å²) < 4.78 is 26.7. The highest BCUT2D eigenvalue weighted by molar-refractivity contribution is 7.92. The van der Waals surface area contributed by atoms with E-state index in [0.29, 0.717) is 17.8 Å². The van der Waals surface area contributed by atoms with Gasteiger partial charge >= 0.3 is 0 Å². The van der Waals surface area contributed by atoms with Crippen molar-refractivity contribution in [2.75, 3.05) is 11.4 Å². The number of rotatable bonds is 6. The SMILES string of the molecule is Cc1cccc(CNC(=O)c2cccc(N(C)S(=O)(=O)c3ccccc3)c2)c1. The Bertz CT molecular complexity index is 1080. The Hall–Kier alpha value is -3.12. The Labute approximate surface area is 165 Å². The van der Waals surface area contributed by atoms with Gasteiger partial charge in [0.15, 0.2) is 0 Å². The molecule has 0 aliphatic rings. The topological polar surface area (TPSA) is 66.5 Å². The summed E-state index contributed by atoms with van der Waals surface area (Å²) in [5.41, 5.74) is 2.96. The fraction of sp³-hybridized carbons (Fsp3) is 0.136. The van der Waals surface area contributed by atoms with Gasteiger partial charge in [-0.25, -0.2) is 8.42 Å². The van der Waals surface area contributed by atoms with Gasteiger partial charge in [-0.1, -0.05) is 54.1 Å². The summed E-state index contributed by atoms with van der Waals surface area (Å²) in [5, 5.41) is 2.87. The third-order valence-corrected chi connectivity index (χ3v) is 6.21. The van der Waals surface area contributed by atoms with Gasteiger partial charge in [-0.2, -0.15) is 0 Å². The van der Waals surface area contributed by atoms with Crippen molar-refractivity contribution in [2.45, 2.75) is 18.4 Å². The lowest BCUT2D eigenvalue weighted by Gasteiger charge is -2.20. The first-order valence-corrected chi connectivity index (χ1v) is 10.3. The van der Waals surface area contributed by atoms with Crippen molar-refractivity contribution in [1.29, 1.82) is 0 Å². The van der Waals surface area contributed by atoms with Crippen LogP contribution in [0.25, 0.3) is 0 Å². The van der Waals surface area contributed by atoms with E-state index in [0.717, 1.165) is 11.1 Å². The van der Waals surface area contributed by atoms with E-state index in [1.165, 1.54) is 11.4 Å². The zero-order valence-corrected chi connectivity index (χ0v) is 16.6. The second-order valence-corrected chi connectivity index (χ2v) is 8.48. The van der Waals surface area contributed by atoms with E-state index in [-0.39, 0.29) is 10.8 Å². The molecule has 0 fully saturated rings. The van der Waals surface area contributed by atoms with Crippen LogP contribution in [0.3, 0.4) is 0 Å². The summed E-state index contributed by atoms with van der Waals surface area (Å²) in [5.74, 6) is -0.256. The van der Waals surface area contributed by atoms with Crippen molar-refractivity contribution >= 4 is 21.6 Å². The van der Waals surface area contributed by atoms with E-state index in [1.807, 2.05) is 31.2 Å². The van der Waals surface area contributed by atoms with Crippen molar-refractivity contribution in [1.82, 2.24) is 5.32 Å². The minimum atomic E-state index is -3.69. The van der Waals surface area contributed by atoms with Crippen molar-refractivity contribution in [2.24, 2.45) is 0 Å². The molecule has 3 aromatic rings. The lowest BCUT2D eigenvalue weighted by Crippen LogP contribution is -2.27. The van der Waals surface area contributed by atoms with Crippen molar-refractivity contribution in [3.63, 3.8) is 0 Å². The largest absolute Gasteiger partial charge is 0.348 e. The molecule has 0 aliphatic heterocycles. The van der Waals surface area contributed by atoms with Crippen molar-refractivity contribution < 1.29 is 13.2 Å². The maximum atomic E-state index is 12.8. The molecule has 6 heteroatoms. The van der Waals surface area contributed by atoms with Crippen LogP contribution in [0, 0.1) is 6.92 Å². The maximum absolute atomic E-state index is 12.8. The fourth-order valence-electron chi connectivity index (χ4n) is 2.84. The summed E-state index contributed by atoms with van der Waals surface area (Å²) >= 11 is 0. The number of carbonyl (C=O) groups is 1. The maximum Gasteiger partial charge on any atom is 0.264 e. The highest BCUT2D eigenvalue weighted by Gasteiger charge is 2.21. The van der Waals surface area contributed by atoms with Gasteiger partial charge in [0.1, 0.15) is 0 Å². The van der Waals surface area contributed by atoms with Gasteiger partial charge in [-0.3, -0.25) is 9.10 Å². The standard InChI is InChI=1S/C22H22N2O3S/c1-17-8-6-9-18(14-17)16-23-22(25)19-10-7-11-20(15-19)24(2)28(26,27)21-12-4-3-5-13-21/h3-15H,16H2,1-2H3,(H,23,25). The molecule has 0 bridgehead atoms. The lowest BCUT2D eigenvalue weighted by molar-refractivity contribution is 0.0951. The highest BCUT2D eigenvalue weighted by atomic mass is 32.2. The molecular weight excluding hydrogens is 372 g/mol. The van der Waals surface area contributed by atoms with Crippen LogP contribution in [0.5, 0.6) is 0 Å². The Morgan fingerprint density at radius 1 is 0.929 bits per heavy atom. The molecule has 3 rings (SSSR count). The number of aryl methyl sites for hydroxylation is 1. The first-order chi connectivity index (χ1) is 13.4. The predicted molar refractivity (Wildman–Crippen MR) is 111 cm³/mol. The zero-order valence-electron chi connectivity index (χ0n) is 15.8. The monoisotopic (exact) mass is 394 g/mol. The number of anilines is 1. The van der Waals surface area contributed by atoms with Crippen LogP contribution in [0.1, 0.15) is 21.5 Å². The van der Waals surface area contributed by atoms with Gasteiger partial charge in [0.25, 0.3) is 15.9 Å². The van der Waals surface area contributed by atoms with E-state index < -0.39 is 10.0 Å². The normalized spacial score (nSPS) is 11.1. The fourth-order valence-corrected chi connectivity index (χ4v) is 4.05. The Morgan fingerprint density at radius 3 is 2.36 bits per heavy atom. The molecule has 0 saturated carbocycles. The Balaban J connectivity index is 1.77. The molecule has 0 radical (unpaired) electrons. The summed E-state index contributed by atoms with van der Waals surface area (Å²) in [7, 11) is -2.21. The number of benzene rings is 3. The molecule has 0 unspecified atom stereocenters. The summed E-state index contributed by atoms with van der Waals surface area (Å²) in [6.07, 6.45) is 0. The van der Waals surface area contributed by atoms with Gasteiger partial charge in [0.05, 0.1) is 10.6 Å². The summed E-state index contributed by atoms with van der Waals surface area (Å²) in [6, 6.07) is 22.7. The van der Waals surface area contributed by atoms with Crippen LogP contribution in [-0.2, 0) is 16.6 Å². The van der Waals surface area contributed by atoms with Crippen LogP contribution in [0.2, 0.25) is 0 Å². The first kappa shape index (κ1) is 19.6. The quantitative estimate of drug-likeness (QED) is 0.692. The molecule has 28 heavy (non-hydrogen) atoms. The summed E-state index contributed by atoms with van der Waals surface area (Å²) in [6.45, 7) is 2.40. The van der Waals surface area contributed by atoms with Gasteiger partial charge < -0.3 is 5.32 Å². The first-order valence-electron chi connectivity index (χ1n) is 8.86. The molecule has 1 N–H and O–H groups in total. The van der Waals surface area contributed by atoms with Crippen LogP contribution in [0.4, 0.5) is 5.69 Å². The van der Waals surface area contributed by atoms with E-state index in [1.54, 1.807) is 54.6 Å². The van der Waals surface area contributed by atoms with Crippen LogP contribution in [-0.4, -0.2) is 21.4 Å². The second-order valence-electron chi connectivity index (χ2n) is 6.51. The molecule has 0 atom stereocenters.